The SMILES string of the molecule is CN(c1ccc(C(=O)O)cc1)c1nc(-c2ccc(NCc3ccc(C4CCCCC4)cc3)cc2)cs1.NCCCCC(N)C(=O)O. The van der Waals surface area contributed by atoms with Crippen molar-refractivity contribution >= 4 is 39.8 Å². The average Bonchev–Trinajstić information content (AvgIpc) is 3.59. The van der Waals surface area contributed by atoms with Gasteiger partial charge >= 0.3 is 11.9 Å². The van der Waals surface area contributed by atoms with Gasteiger partial charge in [-0.1, -0.05) is 62.1 Å². The van der Waals surface area contributed by atoms with Gasteiger partial charge in [-0.05, 0) is 85.7 Å². The number of rotatable bonds is 13. The monoisotopic (exact) mass is 643 g/mol. The first kappa shape index (κ1) is 34.6. The molecular formula is C36H45N5O4S. The third-order valence-corrected chi connectivity index (χ3v) is 9.22. The maximum Gasteiger partial charge on any atom is 0.335 e. The number of carbonyl (C=O) groups is 2. The van der Waals surface area contributed by atoms with Crippen LogP contribution >= 0.6 is 11.3 Å². The zero-order valence-corrected chi connectivity index (χ0v) is 27.2. The molecule has 0 saturated heterocycles. The molecule has 1 aliphatic rings. The summed E-state index contributed by atoms with van der Waals surface area (Å²) in [6.45, 7) is 1.41. The molecule has 4 aromatic rings. The van der Waals surface area contributed by atoms with Crippen molar-refractivity contribution in [1.29, 1.82) is 0 Å². The van der Waals surface area contributed by atoms with Crippen molar-refractivity contribution in [3.05, 3.63) is 94.9 Å². The highest BCUT2D eigenvalue weighted by Gasteiger charge is 2.15. The van der Waals surface area contributed by atoms with Crippen LogP contribution in [0.4, 0.5) is 16.5 Å². The van der Waals surface area contributed by atoms with Crippen LogP contribution in [0.2, 0.25) is 0 Å². The third kappa shape index (κ3) is 10.1. The minimum Gasteiger partial charge on any atom is -0.480 e. The number of aromatic nitrogens is 1. The molecule has 46 heavy (non-hydrogen) atoms. The summed E-state index contributed by atoms with van der Waals surface area (Å²) in [6, 6.07) is 23.6. The standard InChI is InChI=1S/C30H31N3O2S.C6H14N2O2/c1-33(27-17-13-25(14-18-27)29(34)35)30-32-28(20-36-30)24-11-15-26(16-12-24)31-19-21-7-9-23(10-8-21)22-5-3-2-4-6-22;7-4-2-1-3-5(8)6(9)10/h7-18,20,22,31H,2-6,19H2,1H3,(H,34,35);5H,1-4,7-8H2,(H,9,10). The molecule has 0 aliphatic heterocycles. The van der Waals surface area contributed by atoms with Crippen molar-refractivity contribution in [2.45, 2.75) is 69.9 Å². The number of aliphatic carboxylic acids is 1. The lowest BCUT2D eigenvalue weighted by molar-refractivity contribution is -0.138. The van der Waals surface area contributed by atoms with Gasteiger partial charge in [0.2, 0.25) is 0 Å². The number of aromatic carboxylic acids is 1. The van der Waals surface area contributed by atoms with E-state index in [1.54, 1.807) is 35.6 Å². The van der Waals surface area contributed by atoms with E-state index in [1.165, 1.54) is 43.2 Å². The molecule has 1 aliphatic carbocycles. The van der Waals surface area contributed by atoms with Gasteiger partial charge in [0, 0.05) is 35.9 Å². The predicted octanol–water partition coefficient (Wildman–Crippen LogP) is 7.46. The molecule has 10 heteroatoms. The summed E-state index contributed by atoms with van der Waals surface area (Å²) in [5, 5.41) is 23.9. The van der Waals surface area contributed by atoms with Crippen LogP contribution in [0.15, 0.2) is 78.2 Å². The number of hydrogen-bond donors (Lipinski definition) is 5. The molecule has 1 atom stereocenters. The Labute approximate surface area is 275 Å². The van der Waals surface area contributed by atoms with Gasteiger partial charge in [-0.15, -0.1) is 11.3 Å². The second-order valence-electron chi connectivity index (χ2n) is 11.7. The van der Waals surface area contributed by atoms with Gasteiger partial charge < -0.3 is 31.9 Å². The molecule has 1 fully saturated rings. The van der Waals surface area contributed by atoms with E-state index < -0.39 is 18.0 Å². The van der Waals surface area contributed by atoms with Crippen LogP contribution in [0.1, 0.15) is 78.8 Å². The lowest BCUT2D eigenvalue weighted by Gasteiger charge is -2.22. The van der Waals surface area contributed by atoms with Gasteiger partial charge in [0.1, 0.15) is 6.04 Å². The van der Waals surface area contributed by atoms with E-state index in [-0.39, 0.29) is 5.56 Å². The number of unbranched alkanes of at least 4 members (excludes halogenated alkanes) is 1. The Kier molecular flexibility index (Phi) is 13.1. The van der Waals surface area contributed by atoms with Crippen molar-refractivity contribution in [2.75, 3.05) is 23.8 Å². The second-order valence-corrected chi connectivity index (χ2v) is 12.5. The quantitative estimate of drug-likeness (QED) is 0.0934. The van der Waals surface area contributed by atoms with E-state index in [2.05, 4.69) is 53.8 Å². The first-order chi connectivity index (χ1) is 22.2. The zero-order valence-electron chi connectivity index (χ0n) is 26.4. The van der Waals surface area contributed by atoms with Crippen molar-refractivity contribution in [1.82, 2.24) is 4.98 Å². The Morgan fingerprint density at radius 2 is 1.63 bits per heavy atom. The minimum atomic E-state index is -0.933. The molecule has 0 spiro atoms. The molecular weight excluding hydrogens is 598 g/mol. The van der Waals surface area contributed by atoms with E-state index >= 15 is 0 Å². The molecule has 0 bridgehead atoms. The molecule has 1 aromatic heterocycles. The highest BCUT2D eigenvalue weighted by atomic mass is 32.1. The van der Waals surface area contributed by atoms with Crippen LogP contribution in [-0.2, 0) is 11.3 Å². The van der Waals surface area contributed by atoms with Crippen LogP contribution in [0.5, 0.6) is 0 Å². The van der Waals surface area contributed by atoms with E-state index in [0.717, 1.165) is 53.1 Å². The van der Waals surface area contributed by atoms with Crippen LogP contribution in [0, 0.1) is 0 Å². The fourth-order valence-corrected chi connectivity index (χ4v) is 6.25. The highest BCUT2D eigenvalue weighted by Crippen LogP contribution is 2.33. The number of carboxylic acids is 2. The summed E-state index contributed by atoms with van der Waals surface area (Å²) in [7, 11) is 1.94. The van der Waals surface area contributed by atoms with Crippen LogP contribution < -0.4 is 21.7 Å². The number of nitrogens with zero attached hydrogens (tertiary/aromatic N) is 2. The molecule has 1 heterocycles. The van der Waals surface area contributed by atoms with Gasteiger partial charge in [0.25, 0.3) is 0 Å². The van der Waals surface area contributed by atoms with E-state index in [1.807, 2.05) is 17.3 Å². The molecule has 3 aromatic carbocycles. The first-order valence-electron chi connectivity index (χ1n) is 15.9. The molecule has 0 amide bonds. The predicted molar refractivity (Wildman–Crippen MR) is 187 cm³/mol. The van der Waals surface area contributed by atoms with Gasteiger partial charge in [0.15, 0.2) is 5.13 Å². The van der Waals surface area contributed by atoms with E-state index in [4.69, 9.17) is 26.7 Å². The number of nitrogens with two attached hydrogens (primary N) is 2. The number of thiazole rings is 1. The van der Waals surface area contributed by atoms with E-state index in [9.17, 15) is 9.59 Å². The van der Waals surface area contributed by atoms with Crippen LogP contribution in [0.3, 0.4) is 0 Å². The second kappa shape index (κ2) is 17.4. The number of hydrogen-bond acceptors (Lipinski definition) is 8. The average molecular weight is 644 g/mol. The topological polar surface area (TPSA) is 155 Å². The molecule has 5 rings (SSSR count). The van der Waals surface area contributed by atoms with Gasteiger partial charge in [-0.3, -0.25) is 4.79 Å². The zero-order chi connectivity index (χ0) is 32.9. The summed E-state index contributed by atoms with van der Waals surface area (Å²) in [5.74, 6) is -1.11. The van der Waals surface area contributed by atoms with Crippen molar-refractivity contribution < 1.29 is 19.8 Å². The van der Waals surface area contributed by atoms with Crippen LogP contribution in [0.25, 0.3) is 11.3 Å². The largest absolute Gasteiger partial charge is 0.480 e. The summed E-state index contributed by atoms with van der Waals surface area (Å²) in [5.41, 5.74) is 17.5. The Morgan fingerprint density at radius 3 is 2.24 bits per heavy atom. The molecule has 1 saturated carbocycles. The van der Waals surface area contributed by atoms with E-state index in [0.29, 0.717) is 13.0 Å². The fourth-order valence-electron chi connectivity index (χ4n) is 5.43. The van der Waals surface area contributed by atoms with Gasteiger partial charge in [-0.25, -0.2) is 9.78 Å². The summed E-state index contributed by atoms with van der Waals surface area (Å²) < 4.78 is 0. The van der Waals surface area contributed by atoms with Crippen molar-refractivity contribution in [3.63, 3.8) is 0 Å². The number of nitrogens with one attached hydrogen (secondary N) is 1. The number of benzene rings is 3. The molecule has 9 nitrogen and oxygen atoms in total. The Balaban J connectivity index is 0.000000416. The molecule has 1 unspecified atom stereocenters. The van der Waals surface area contributed by atoms with Crippen molar-refractivity contribution in [2.24, 2.45) is 11.5 Å². The lowest BCUT2D eigenvalue weighted by Crippen LogP contribution is -2.29. The number of anilines is 3. The maximum atomic E-state index is 11.1. The molecule has 0 radical (unpaired) electrons. The Hall–Kier alpha value is -4.25. The first-order valence-corrected chi connectivity index (χ1v) is 16.8. The summed E-state index contributed by atoms with van der Waals surface area (Å²) >= 11 is 1.56. The maximum absolute atomic E-state index is 11.1. The minimum absolute atomic E-state index is 0.275. The Bertz CT molecular complexity index is 1520. The Morgan fingerprint density at radius 1 is 0.957 bits per heavy atom. The molecule has 7 N–H and O–H groups in total. The smallest absolute Gasteiger partial charge is 0.335 e. The van der Waals surface area contributed by atoms with Crippen molar-refractivity contribution in [3.8, 4) is 11.3 Å². The third-order valence-electron chi connectivity index (χ3n) is 8.30. The summed E-state index contributed by atoms with van der Waals surface area (Å²) in [4.78, 5) is 28.0. The number of carboxylic acid groups (broad SMARTS) is 2. The summed E-state index contributed by atoms with van der Waals surface area (Å²) in [6.07, 6.45) is 8.96. The fraction of sp³-hybridized carbons (Fsp3) is 0.361. The normalized spacial score (nSPS) is 13.7. The lowest BCUT2D eigenvalue weighted by atomic mass is 9.84. The van der Waals surface area contributed by atoms with Gasteiger partial charge in [-0.2, -0.15) is 0 Å². The van der Waals surface area contributed by atoms with Crippen LogP contribution in [-0.4, -0.2) is 46.8 Å². The highest BCUT2D eigenvalue weighted by molar-refractivity contribution is 7.14. The van der Waals surface area contributed by atoms with Gasteiger partial charge in [0.05, 0.1) is 11.3 Å². The molecule has 244 valence electrons.